The average molecular weight is 413 g/mol. The fraction of sp³-hybridized carbons (Fsp3) is 0.318. The highest BCUT2D eigenvalue weighted by Crippen LogP contribution is 2.22. The van der Waals surface area contributed by atoms with E-state index >= 15 is 0 Å². The van der Waals surface area contributed by atoms with Crippen LogP contribution >= 0.6 is 0 Å². The molecule has 0 saturated heterocycles. The van der Waals surface area contributed by atoms with Crippen molar-refractivity contribution in [1.82, 2.24) is 10.7 Å². The molecule has 0 radical (unpaired) electrons. The van der Waals surface area contributed by atoms with Crippen LogP contribution in [0.5, 0.6) is 11.5 Å². The molecule has 0 fully saturated rings. The topological polar surface area (TPSA) is 109 Å². The SMILES string of the molecule is COc1ccc(/C=N/NC(=O)C[C@H](NC(=O)OC(C)(C)C)c2ccccc2)c(O)c1. The summed E-state index contributed by atoms with van der Waals surface area (Å²) in [6.07, 6.45) is 0.663. The maximum Gasteiger partial charge on any atom is 0.408 e. The standard InChI is InChI=1S/C22H27N3O5/c1-22(2,3)30-21(28)24-18(15-8-6-5-7-9-15)13-20(27)25-23-14-16-10-11-17(29-4)12-19(16)26/h5-12,14,18,26H,13H2,1-4H3,(H,24,28)(H,25,27)/b23-14+/t18-/m0/s1. The Morgan fingerprint density at radius 3 is 2.47 bits per heavy atom. The number of alkyl carbamates (subject to hydrolysis) is 1. The second-order valence-electron chi connectivity index (χ2n) is 7.53. The van der Waals surface area contributed by atoms with E-state index < -0.39 is 23.6 Å². The number of nitrogens with zero attached hydrogens (tertiary/aromatic N) is 1. The number of carbonyl (C=O) groups is 2. The Bertz CT molecular complexity index is 891. The number of hydrazone groups is 1. The lowest BCUT2D eigenvalue weighted by molar-refractivity contribution is -0.121. The van der Waals surface area contributed by atoms with Crippen LogP contribution in [0.2, 0.25) is 0 Å². The van der Waals surface area contributed by atoms with E-state index in [0.29, 0.717) is 11.3 Å². The fourth-order valence-electron chi connectivity index (χ4n) is 2.55. The van der Waals surface area contributed by atoms with Crippen LogP contribution in [0, 0.1) is 0 Å². The zero-order valence-electron chi connectivity index (χ0n) is 17.5. The van der Waals surface area contributed by atoms with Gasteiger partial charge in [0.25, 0.3) is 0 Å². The van der Waals surface area contributed by atoms with E-state index in [1.165, 1.54) is 19.4 Å². The Labute approximate surface area is 175 Å². The number of amides is 2. The van der Waals surface area contributed by atoms with Gasteiger partial charge in [0.05, 0.1) is 25.8 Å². The molecule has 0 unspecified atom stereocenters. The van der Waals surface area contributed by atoms with E-state index in [1.54, 1.807) is 32.9 Å². The molecule has 3 N–H and O–H groups in total. The van der Waals surface area contributed by atoms with Gasteiger partial charge >= 0.3 is 6.09 Å². The van der Waals surface area contributed by atoms with Gasteiger partial charge < -0.3 is 19.9 Å². The molecule has 0 spiro atoms. The quantitative estimate of drug-likeness (QED) is 0.475. The van der Waals surface area contributed by atoms with Crippen molar-refractivity contribution in [2.45, 2.75) is 38.8 Å². The van der Waals surface area contributed by atoms with Crippen LogP contribution in [0.4, 0.5) is 4.79 Å². The van der Waals surface area contributed by atoms with Gasteiger partial charge in [0.2, 0.25) is 5.91 Å². The van der Waals surface area contributed by atoms with Gasteiger partial charge in [-0.1, -0.05) is 30.3 Å². The lowest BCUT2D eigenvalue weighted by Crippen LogP contribution is -2.36. The third kappa shape index (κ3) is 7.46. The van der Waals surface area contributed by atoms with E-state index in [2.05, 4.69) is 15.8 Å². The van der Waals surface area contributed by atoms with Gasteiger partial charge in [0, 0.05) is 11.6 Å². The first kappa shape index (κ1) is 22.7. The molecule has 160 valence electrons. The molecule has 0 bridgehead atoms. The molecule has 0 heterocycles. The number of ether oxygens (including phenoxy) is 2. The second-order valence-corrected chi connectivity index (χ2v) is 7.53. The maximum absolute atomic E-state index is 12.4. The molecule has 2 amide bonds. The third-order valence-electron chi connectivity index (χ3n) is 3.91. The highest BCUT2D eigenvalue weighted by atomic mass is 16.6. The predicted octanol–water partition coefficient (Wildman–Crippen LogP) is 3.51. The number of methoxy groups -OCH3 is 1. The summed E-state index contributed by atoms with van der Waals surface area (Å²) in [5.74, 6) is 0.0675. The molecule has 0 saturated carbocycles. The molecule has 0 aliphatic heterocycles. The number of nitrogens with one attached hydrogen (secondary N) is 2. The summed E-state index contributed by atoms with van der Waals surface area (Å²) in [6.45, 7) is 5.29. The monoisotopic (exact) mass is 413 g/mol. The van der Waals surface area contributed by atoms with Crippen LogP contribution in [-0.4, -0.2) is 36.0 Å². The molecule has 8 nitrogen and oxygen atoms in total. The Morgan fingerprint density at radius 2 is 1.87 bits per heavy atom. The minimum atomic E-state index is -0.655. The van der Waals surface area contributed by atoms with Gasteiger partial charge in [-0.15, -0.1) is 0 Å². The lowest BCUT2D eigenvalue weighted by atomic mass is 10.0. The van der Waals surface area contributed by atoms with Crippen molar-refractivity contribution in [3.05, 3.63) is 59.7 Å². The van der Waals surface area contributed by atoms with Gasteiger partial charge in [-0.3, -0.25) is 4.79 Å². The summed E-state index contributed by atoms with van der Waals surface area (Å²) < 4.78 is 10.3. The summed E-state index contributed by atoms with van der Waals surface area (Å²) in [5.41, 5.74) is 2.93. The van der Waals surface area contributed by atoms with E-state index in [4.69, 9.17) is 9.47 Å². The minimum absolute atomic E-state index is 0.0268. The minimum Gasteiger partial charge on any atom is -0.507 e. The van der Waals surface area contributed by atoms with Gasteiger partial charge in [-0.05, 0) is 38.5 Å². The number of benzene rings is 2. The Hall–Kier alpha value is -3.55. The summed E-state index contributed by atoms with van der Waals surface area (Å²) in [5, 5.41) is 16.5. The normalized spacial score (nSPS) is 12.3. The number of aromatic hydroxyl groups is 1. The number of carbonyl (C=O) groups excluding carboxylic acids is 2. The molecule has 2 aromatic rings. The van der Waals surface area contributed by atoms with Crippen molar-refractivity contribution >= 4 is 18.2 Å². The molecule has 8 heteroatoms. The number of hydrogen-bond donors (Lipinski definition) is 3. The molecular formula is C22H27N3O5. The highest BCUT2D eigenvalue weighted by molar-refractivity contribution is 5.85. The first-order chi connectivity index (χ1) is 14.2. The molecule has 0 aliphatic carbocycles. The number of rotatable bonds is 7. The van der Waals surface area contributed by atoms with E-state index in [1.807, 2.05) is 30.3 Å². The first-order valence-electron chi connectivity index (χ1n) is 9.41. The van der Waals surface area contributed by atoms with Crippen molar-refractivity contribution in [3.8, 4) is 11.5 Å². The highest BCUT2D eigenvalue weighted by Gasteiger charge is 2.22. The van der Waals surface area contributed by atoms with E-state index in [0.717, 1.165) is 5.56 Å². The van der Waals surface area contributed by atoms with Crippen molar-refractivity contribution in [3.63, 3.8) is 0 Å². The summed E-state index contributed by atoms with van der Waals surface area (Å²) >= 11 is 0. The summed E-state index contributed by atoms with van der Waals surface area (Å²) in [7, 11) is 1.50. The zero-order chi connectivity index (χ0) is 22.1. The van der Waals surface area contributed by atoms with Crippen molar-refractivity contribution in [2.75, 3.05) is 7.11 Å². The predicted molar refractivity (Wildman–Crippen MR) is 114 cm³/mol. The van der Waals surface area contributed by atoms with Crippen LogP contribution in [0.25, 0.3) is 0 Å². The average Bonchev–Trinajstić information content (AvgIpc) is 2.68. The first-order valence-corrected chi connectivity index (χ1v) is 9.41. The van der Waals surface area contributed by atoms with Crippen LogP contribution in [0.3, 0.4) is 0 Å². The molecule has 2 rings (SSSR count). The van der Waals surface area contributed by atoms with Gasteiger partial charge in [0.15, 0.2) is 0 Å². The van der Waals surface area contributed by atoms with Crippen LogP contribution in [0.15, 0.2) is 53.6 Å². The van der Waals surface area contributed by atoms with Crippen LogP contribution in [0.1, 0.15) is 44.4 Å². The number of phenolic OH excluding ortho intramolecular Hbond substituents is 1. The van der Waals surface area contributed by atoms with Crippen molar-refractivity contribution < 1.29 is 24.2 Å². The summed E-state index contributed by atoms with van der Waals surface area (Å²) in [6, 6.07) is 13.2. The molecule has 1 atom stereocenters. The van der Waals surface area contributed by atoms with Crippen molar-refractivity contribution in [2.24, 2.45) is 5.10 Å². The molecular weight excluding hydrogens is 386 g/mol. The second kappa shape index (κ2) is 10.3. The van der Waals surface area contributed by atoms with E-state index in [9.17, 15) is 14.7 Å². The molecule has 30 heavy (non-hydrogen) atoms. The van der Waals surface area contributed by atoms with Crippen LogP contribution in [-0.2, 0) is 9.53 Å². The number of hydrogen-bond acceptors (Lipinski definition) is 6. The number of phenols is 1. The van der Waals surface area contributed by atoms with Gasteiger partial charge in [0.1, 0.15) is 17.1 Å². The Balaban J connectivity index is 2.02. The van der Waals surface area contributed by atoms with Gasteiger partial charge in [-0.2, -0.15) is 5.10 Å². The molecule has 0 aromatic heterocycles. The van der Waals surface area contributed by atoms with E-state index in [-0.39, 0.29) is 12.2 Å². The Morgan fingerprint density at radius 1 is 1.17 bits per heavy atom. The van der Waals surface area contributed by atoms with Crippen LogP contribution < -0.4 is 15.5 Å². The summed E-state index contributed by atoms with van der Waals surface area (Å²) in [4.78, 5) is 24.5. The molecule has 2 aromatic carbocycles. The van der Waals surface area contributed by atoms with Gasteiger partial charge in [-0.25, -0.2) is 10.2 Å². The third-order valence-corrected chi connectivity index (χ3v) is 3.91. The fourth-order valence-corrected chi connectivity index (χ4v) is 2.55. The zero-order valence-corrected chi connectivity index (χ0v) is 17.5. The maximum atomic E-state index is 12.4. The lowest BCUT2D eigenvalue weighted by Gasteiger charge is -2.23. The Kier molecular flexibility index (Phi) is 7.80. The molecule has 0 aliphatic rings. The smallest absolute Gasteiger partial charge is 0.408 e. The largest absolute Gasteiger partial charge is 0.507 e. The van der Waals surface area contributed by atoms with Crippen molar-refractivity contribution in [1.29, 1.82) is 0 Å².